The van der Waals surface area contributed by atoms with Crippen molar-refractivity contribution in [3.8, 4) is 5.75 Å². The number of H-pyrrole nitrogens is 1. The van der Waals surface area contributed by atoms with Crippen molar-refractivity contribution in [3.63, 3.8) is 0 Å². The fourth-order valence-electron chi connectivity index (χ4n) is 3.81. The number of carbonyl (C=O) groups excluding carboxylic acids is 1. The third-order valence-electron chi connectivity index (χ3n) is 5.08. The number of hydrogen-bond acceptors (Lipinski definition) is 6. The lowest BCUT2D eigenvalue weighted by atomic mass is 10.1. The van der Waals surface area contributed by atoms with Crippen molar-refractivity contribution in [3.05, 3.63) is 42.9 Å². The number of carbonyl (C=O) groups is 1. The van der Waals surface area contributed by atoms with E-state index in [2.05, 4.69) is 30.5 Å². The van der Waals surface area contributed by atoms with E-state index in [-0.39, 0.29) is 24.6 Å². The lowest BCUT2D eigenvalue weighted by Crippen LogP contribution is -2.49. The molecule has 0 radical (unpaired) electrons. The van der Waals surface area contributed by atoms with Gasteiger partial charge in [0.25, 0.3) is 0 Å². The average Bonchev–Trinajstić information content (AvgIpc) is 3.21. The Balaban J connectivity index is 1.32. The average molecular weight is 409 g/mol. The molecule has 158 valence electrons. The summed E-state index contributed by atoms with van der Waals surface area (Å²) >= 11 is 0. The van der Waals surface area contributed by atoms with Crippen LogP contribution in [0.4, 0.5) is 11.5 Å². The van der Waals surface area contributed by atoms with Gasteiger partial charge in [-0.05, 0) is 44.9 Å². The first kappa shape index (κ1) is 20.0. The van der Waals surface area contributed by atoms with Gasteiger partial charge in [0.2, 0.25) is 5.91 Å². The van der Waals surface area contributed by atoms with Crippen LogP contribution in [0.2, 0.25) is 0 Å². The summed E-state index contributed by atoms with van der Waals surface area (Å²) in [5, 5.41) is 7.34. The first-order chi connectivity index (χ1) is 14.6. The summed E-state index contributed by atoms with van der Waals surface area (Å²) in [6.07, 6.45) is 5.53. The van der Waals surface area contributed by atoms with E-state index in [1.807, 2.05) is 50.4 Å². The lowest BCUT2D eigenvalue weighted by molar-refractivity contribution is -0.120. The van der Waals surface area contributed by atoms with Crippen LogP contribution in [0.3, 0.4) is 0 Å². The van der Waals surface area contributed by atoms with Crippen LogP contribution < -0.4 is 20.3 Å². The maximum absolute atomic E-state index is 12.5. The summed E-state index contributed by atoms with van der Waals surface area (Å²) in [5.74, 6) is 1.69. The van der Waals surface area contributed by atoms with Crippen molar-refractivity contribution >= 4 is 28.4 Å². The molecule has 0 aliphatic carbocycles. The van der Waals surface area contributed by atoms with Gasteiger partial charge in [-0.15, -0.1) is 0 Å². The van der Waals surface area contributed by atoms with Crippen LogP contribution in [0.25, 0.3) is 11.0 Å². The van der Waals surface area contributed by atoms with Gasteiger partial charge in [-0.25, -0.2) is 9.97 Å². The number of rotatable bonds is 7. The molecule has 1 fully saturated rings. The number of fused-ring (bicyclic) bond motifs is 1. The van der Waals surface area contributed by atoms with Crippen LogP contribution in [-0.2, 0) is 4.79 Å². The second-order valence-corrected chi connectivity index (χ2v) is 7.84. The minimum absolute atomic E-state index is 0.0218. The first-order valence-electron chi connectivity index (χ1n) is 10.4. The Hall–Kier alpha value is -3.29. The molecular formula is C22H28N6O2. The molecule has 0 unspecified atom stereocenters. The Morgan fingerprint density at radius 3 is 3.10 bits per heavy atom. The Kier molecular flexibility index (Phi) is 6.02. The second-order valence-electron chi connectivity index (χ2n) is 7.84. The number of piperidine rings is 1. The van der Waals surface area contributed by atoms with E-state index in [0.29, 0.717) is 0 Å². The number of anilines is 2. The standard InChI is InChI=1S/C22H28N6O2/c1-15(2)30-18-7-3-5-16(11-18)24-12-20(29)27-17-6-4-10-28(13-17)22-19-8-9-23-21(19)25-14-26-22/h3,5,7-9,11,14-15,17,24H,4,6,10,12-13H2,1-2H3,(H,27,29)(H,23,25,26)/t17-/m1/s1. The predicted octanol–water partition coefficient (Wildman–Crippen LogP) is 2.94. The molecule has 0 saturated carbocycles. The monoisotopic (exact) mass is 408 g/mol. The summed E-state index contributed by atoms with van der Waals surface area (Å²) in [4.78, 5) is 26.6. The molecule has 3 N–H and O–H groups in total. The first-order valence-corrected chi connectivity index (χ1v) is 10.4. The highest BCUT2D eigenvalue weighted by Gasteiger charge is 2.23. The minimum Gasteiger partial charge on any atom is -0.491 e. The second kappa shape index (κ2) is 9.02. The molecule has 1 aliphatic heterocycles. The summed E-state index contributed by atoms with van der Waals surface area (Å²) in [7, 11) is 0. The normalized spacial score (nSPS) is 16.6. The molecule has 3 heterocycles. The summed E-state index contributed by atoms with van der Waals surface area (Å²) in [6, 6.07) is 9.75. The quantitative estimate of drug-likeness (QED) is 0.556. The number of nitrogens with one attached hydrogen (secondary N) is 3. The molecule has 1 aromatic carbocycles. The van der Waals surface area contributed by atoms with Crippen molar-refractivity contribution in [2.45, 2.75) is 38.8 Å². The summed E-state index contributed by atoms with van der Waals surface area (Å²) < 4.78 is 5.70. The van der Waals surface area contributed by atoms with Gasteiger partial charge in [0.1, 0.15) is 23.5 Å². The Labute approximate surface area is 176 Å². The van der Waals surface area contributed by atoms with E-state index in [4.69, 9.17) is 4.74 Å². The highest BCUT2D eigenvalue weighted by molar-refractivity contribution is 5.87. The van der Waals surface area contributed by atoms with Gasteiger partial charge in [-0.2, -0.15) is 0 Å². The van der Waals surface area contributed by atoms with Gasteiger partial charge in [0, 0.05) is 37.1 Å². The van der Waals surface area contributed by atoms with E-state index >= 15 is 0 Å². The van der Waals surface area contributed by atoms with Crippen LogP contribution in [0.1, 0.15) is 26.7 Å². The largest absolute Gasteiger partial charge is 0.491 e. The van der Waals surface area contributed by atoms with Crippen molar-refractivity contribution < 1.29 is 9.53 Å². The van der Waals surface area contributed by atoms with Crippen molar-refractivity contribution in [2.24, 2.45) is 0 Å². The molecule has 0 spiro atoms. The van der Waals surface area contributed by atoms with Crippen LogP contribution in [-0.4, -0.2) is 52.6 Å². The van der Waals surface area contributed by atoms with Gasteiger partial charge in [0.05, 0.1) is 18.0 Å². The van der Waals surface area contributed by atoms with Gasteiger partial charge in [-0.1, -0.05) is 6.07 Å². The lowest BCUT2D eigenvalue weighted by Gasteiger charge is -2.34. The number of amides is 1. The molecule has 30 heavy (non-hydrogen) atoms. The molecule has 1 aliphatic rings. The van der Waals surface area contributed by atoms with Gasteiger partial charge >= 0.3 is 0 Å². The van der Waals surface area contributed by atoms with Crippen LogP contribution >= 0.6 is 0 Å². The highest BCUT2D eigenvalue weighted by Crippen LogP contribution is 2.25. The van der Waals surface area contributed by atoms with Crippen molar-refractivity contribution in [1.29, 1.82) is 0 Å². The van der Waals surface area contributed by atoms with Crippen LogP contribution in [0.5, 0.6) is 5.75 Å². The van der Waals surface area contributed by atoms with E-state index in [1.165, 1.54) is 0 Å². The number of aromatic nitrogens is 3. The molecule has 0 bridgehead atoms. The maximum atomic E-state index is 12.5. The fourth-order valence-corrected chi connectivity index (χ4v) is 3.81. The van der Waals surface area contributed by atoms with Gasteiger partial charge in [-0.3, -0.25) is 4.79 Å². The smallest absolute Gasteiger partial charge is 0.239 e. The number of ether oxygens (including phenoxy) is 1. The van der Waals surface area contributed by atoms with E-state index in [0.717, 1.165) is 54.2 Å². The zero-order valence-corrected chi connectivity index (χ0v) is 17.4. The molecular weight excluding hydrogens is 380 g/mol. The Morgan fingerprint density at radius 2 is 2.23 bits per heavy atom. The zero-order valence-electron chi connectivity index (χ0n) is 17.4. The molecule has 1 atom stereocenters. The Bertz CT molecular complexity index is 1000. The van der Waals surface area contributed by atoms with Crippen LogP contribution in [0.15, 0.2) is 42.9 Å². The molecule has 1 amide bonds. The van der Waals surface area contributed by atoms with Crippen molar-refractivity contribution in [2.75, 3.05) is 29.9 Å². The third kappa shape index (κ3) is 4.82. The maximum Gasteiger partial charge on any atom is 0.239 e. The van der Waals surface area contributed by atoms with Crippen molar-refractivity contribution in [1.82, 2.24) is 20.3 Å². The summed E-state index contributed by atoms with van der Waals surface area (Å²) in [5.41, 5.74) is 1.70. The van der Waals surface area contributed by atoms with E-state index < -0.39 is 0 Å². The molecule has 1 saturated heterocycles. The highest BCUT2D eigenvalue weighted by atomic mass is 16.5. The topological polar surface area (TPSA) is 95.2 Å². The number of nitrogens with zero attached hydrogens (tertiary/aromatic N) is 3. The minimum atomic E-state index is -0.0218. The SMILES string of the molecule is CC(C)Oc1cccc(NCC(=O)N[C@@H]2CCCN(c3ncnc4[nH]ccc34)C2)c1. The molecule has 3 aromatic rings. The van der Waals surface area contributed by atoms with Crippen LogP contribution in [0, 0.1) is 0 Å². The number of hydrogen-bond donors (Lipinski definition) is 3. The number of benzene rings is 1. The van der Waals surface area contributed by atoms with Gasteiger partial charge in [0.15, 0.2) is 0 Å². The molecule has 8 heteroatoms. The summed E-state index contributed by atoms with van der Waals surface area (Å²) in [6.45, 7) is 5.86. The zero-order chi connectivity index (χ0) is 20.9. The van der Waals surface area contributed by atoms with Gasteiger partial charge < -0.3 is 25.3 Å². The molecule has 8 nitrogen and oxygen atoms in total. The molecule has 4 rings (SSSR count). The third-order valence-corrected chi connectivity index (χ3v) is 5.08. The predicted molar refractivity (Wildman–Crippen MR) is 118 cm³/mol. The number of aromatic amines is 1. The Morgan fingerprint density at radius 1 is 1.33 bits per heavy atom. The fraction of sp³-hybridized carbons (Fsp3) is 0.409. The van der Waals surface area contributed by atoms with E-state index in [1.54, 1.807) is 6.33 Å². The van der Waals surface area contributed by atoms with E-state index in [9.17, 15) is 4.79 Å². The molecule has 2 aromatic heterocycles.